The minimum absolute atomic E-state index is 0.0383. The fourth-order valence-electron chi connectivity index (χ4n) is 1.09. The van der Waals surface area contributed by atoms with Gasteiger partial charge in [-0.05, 0) is 18.9 Å². The van der Waals surface area contributed by atoms with Crippen molar-refractivity contribution in [1.82, 2.24) is 0 Å². The van der Waals surface area contributed by atoms with E-state index >= 15 is 0 Å². The van der Waals surface area contributed by atoms with Crippen LogP contribution in [0, 0.1) is 5.92 Å². The highest BCUT2D eigenvalue weighted by molar-refractivity contribution is 5.98. The average Bonchev–Trinajstić information content (AvgIpc) is 1.94. The number of carbonyl (C=O) groups excluding carboxylic acids is 1. The Labute approximate surface area is 64.7 Å². The van der Waals surface area contributed by atoms with Gasteiger partial charge in [0.1, 0.15) is 0 Å². The van der Waals surface area contributed by atoms with Gasteiger partial charge in [-0.3, -0.25) is 9.59 Å². The van der Waals surface area contributed by atoms with Crippen molar-refractivity contribution < 1.29 is 14.7 Å². The minimum atomic E-state index is -0.873. The molecule has 0 aromatic heterocycles. The van der Waals surface area contributed by atoms with Crippen LogP contribution in [0.5, 0.6) is 0 Å². The molecule has 0 fully saturated rings. The molecule has 0 aromatic carbocycles. The van der Waals surface area contributed by atoms with Crippen LogP contribution in [0.4, 0.5) is 0 Å². The van der Waals surface area contributed by atoms with E-state index in [9.17, 15) is 9.59 Å². The molecule has 0 amide bonds. The zero-order valence-electron chi connectivity index (χ0n) is 6.33. The van der Waals surface area contributed by atoms with E-state index in [1.165, 1.54) is 0 Å². The summed E-state index contributed by atoms with van der Waals surface area (Å²) in [5.74, 6) is -1.41. The van der Waals surface area contributed by atoms with Crippen molar-refractivity contribution in [2.45, 2.75) is 19.8 Å². The summed E-state index contributed by atoms with van der Waals surface area (Å²) < 4.78 is 0. The van der Waals surface area contributed by atoms with Gasteiger partial charge in [0.25, 0.3) is 0 Å². The van der Waals surface area contributed by atoms with Crippen molar-refractivity contribution in [3.05, 3.63) is 11.6 Å². The SMILES string of the molecule is CC1=CCC(C(=O)O)CC1=O. The summed E-state index contributed by atoms with van der Waals surface area (Å²) in [4.78, 5) is 21.4. The Morgan fingerprint density at radius 3 is 2.82 bits per heavy atom. The van der Waals surface area contributed by atoms with E-state index in [0.717, 1.165) is 0 Å². The molecular weight excluding hydrogens is 144 g/mol. The van der Waals surface area contributed by atoms with Gasteiger partial charge in [0.15, 0.2) is 5.78 Å². The van der Waals surface area contributed by atoms with Gasteiger partial charge in [-0.15, -0.1) is 0 Å². The Hall–Kier alpha value is -1.12. The molecule has 0 radical (unpaired) electrons. The third-order valence-corrected chi connectivity index (χ3v) is 1.93. The molecule has 1 aliphatic rings. The Morgan fingerprint density at radius 2 is 2.36 bits per heavy atom. The van der Waals surface area contributed by atoms with Gasteiger partial charge in [-0.25, -0.2) is 0 Å². The maximum absolute atomic E-state index is 11.0. The fraction of sp³-hybridized carbons (Fsp3) is 0.500. The summed E-state index contributed by atoms with van der Waals surface area (Å²) in [7, 11) is 0. The van der Waals surface area contributed by atoms with Crippen LogP contribution in [0.3, 0.4) is 0 Å². The molecule has 1 atom stereocenters. The third kappa shape index (κ3) is 1.67. The molecule has 1 aliphatic carbocycles. The molecular formula is C8H10O3. The van der Waals surface area contributed by atoms with E-state index in [0.29, 0.717) is 12.0 Å². The van der Waals surface area contributed by atoms with Gasteiger partial charge in [-0.2, -0.15) is 0 Å². The van der Waals surface area contributed by atoms with Crippen molar-refractivity contribution in [3.63, 3.8) is 0 Å². The number of carboxylic acids is 1. The lowest BCUT2D eigenvalue weighted by atomic mass is 9.89. The standard InChI is InChI=1S/C8H10O3/c1-5-2-3-6(8(10)11)4-7(5)9/h2,6H,3-4H2,1H3,(H,10,11). The van der Waals surface area contributed by atoms with Crippen molar-refractivity contribution in [2.24, 2.45) is 5.92 Å². The molecule has 0 saturated carbocycles. The van der Waals surface area contributed by atoms with Gasteiger partial charge >= 0.3 is 5.97 Å². The van der Waals surface area contributed by atoms with Crippen molar-refractivity contribution in [1.29, 1.82) is 0 Å². The van der Waals surface area contributed by atoms with Crippen LogP contribution < -0.4 is 0 Å². The number of hydrogen-bond donors (Lipinski definition) is 1. The molecule has 1 N–H and O–H groups in total. The normalized spacial score (nSPS) is 24.6. The van der Waals surface area contributed by atoms with Crippen LogP contribution in [0.2, 0.25) is 0 Å². The summed E-state index contributed by atoms with van der Waals surface area (Å²) in [5.41, 5.74) is 0.697. The first-order valence-corrected chi connectivity index (χ1v) is 3.54. The number of carbonyl (C=O) groups is 2. The van der Waals surface area contributed by atoms with Crippen molar-refractivity contribution in [2.75, 3.05) is 0 Å². The van der Waals surface area contributed by atoms with Crippen molar-refractivity contribution in [3.8, 4) is 0 Å². The molecule has 0 saturated heterocycles. The first-order chi connectivity index (χ1) is 5.11. The molecule has 1 unspecified atom stereocenters. The Bertz CT molecular complexity index is 227. The predicted octanol–water partition coefficient (Wildman–Crippen LogP) is 0.996. The second kappa shape index (κ2) is 2.86. The molecule has 0 bridgehead atoms. The molecule has 1 rings (SSSR count). The molecule has 0 spiro atoms. The number of hydrogen-bond acceptors (Lipinski definition) is 2. The van der Waals surface area contributed by atoms with Gasteiger partial charge in [-0.1, -0.05) is 6.08 Å². The van der Waals surface area contributed by atoms with E-state index in [1.54, 1.807) is 13.0 Å². The lowest BCUT2D eigenvalue weighted by Crippen LogP contribution is -2.21. The topological polar surface area (TPSA) is 54.4 Å². The van der Waals surface area contributed by atoms with Gasteiger partial charge in [0.05, 0.1) is 5.92 Å². The summed E-state index contributed by atoms with van der Waals surface area (Å²) in [6.45, 7) is 1.72. The van der Waals surface area contributed by atoms with Crippen LogP contribution >= 0.6 is 0 Å². The lowest BCUT2D eigenvalue weighted by Gasteiger charge is -2.14. The first kappa shape index (κ1) is 7.98. The number of Topliss-reactive ketones (excluding diaryl/α,β-unsaturated/α-hetero) is 1. The second-order valence-corrected chi connectivity index (χ2v) is 2.79. The maximum atomic E-state index is 11.0. The largest absolute Gasteiger partial charge is 0.481 e. The third-order valence-electron chi connectivity index (χ3n) is 1.93. The van der Waals surface area contributed by atoms with Crippen LogP contribution in [0.1, 0.15) is 19.8 Å². The average molecular weight is 154 g/mol. The molecule has 3 nitrogen and oxygen atoms in total. The van der Waals surface area contributed by atoms with Crippen LogP contribution in [0.15, 0.2) is 11.6 Å². The molecule has 0 aliphatic heterocycles. The fourth-order valence-corrected chi connectivity index (χ4v) is 1.09. The lowest BCUT2D eigenvalue weighted by molar-refractivity contribution is -0.143. The van der Waals surface area contributed by atoms with Crippen LogP contribution in [-0.4, -0.2) is 16.9 Å². The van der Waals surface area contributed by atoms with E-state index < -0.39 is 11.9 Å². The highest BCUT2D eigenvalue weighted by Crippen LogP contribution is 2.20. The molecule has 60 valence electrons. The maximum Gasteiger partial charge on any atom is 0.307 e. The highest BCUT2D eigenvalue weighted by Gasteiger charge is 2.24. The highest BCUT2D eigenvalue weighted by atomic mass is 16.4. The molecule has 3 heteroatoms. The summed E-state index contributed by atoms with van der Waals surface area (Å²) >= 11 is 0. The zero-order valence-corrected chi connectivity index (χ0v) is 6.33. The van der Waals surface area contributed by atoms with E-state index in [-0.39, 0.29) is 12.2 Å². The molecule has 0 aromatic rings. The second-order valence-electron chi connectivity index (χ2n) is 2.79. The minimum Gasteiger partial charge on any atom is -0.481 e. The molecule has 11 heavy (non-hydrogen) atoms. The number of carboxylic acid groups (broad SMARTS) is 1. The van der Waals surface area contributed by atoms with Crippen LogP contribution in [-0.2, 0) is 9.59 Å². The van der Waals surface area contributed by atoms with E-state index in [4.69, 9.17) is 5.11 Å². The van der Waals surface area contributed by atoms with E-state index in [1.807, 2.05) is 0 Å². The van der Waals surface area contributed by atoms with Crippen molar-refractivity contribution >= 4 is 11.8 Å². The first-order valence-electron chi connectivity index (χ1n) is 3.54. The summed E-state index contributed by atoms with van der Waals surface area (Å²) in [6.07, 6.45) is 2.36. The number of aliphatic carboxylic acids is 1. The van der Waals surface area contributed by atoms with Gasteiger partial charge in [0.2, 0.25) is 0 Å². The number of allylic oxidation sites excluding steroid dienone is 2. The summed E-state index contributed by atoms with van der Waals surface area (Å²) in [6, 6.07) is 0. The molecule has 0 heterocycles. The van der Waals surface area contributed by atoms with Gasteiger partial charge < -0.3 is 5.11 Å². The van der Waals surface area contributed by atoms with E-state index in [2.05, 4.69) is 0 Å². The quantitative estimate of drug-likeness (QED) is 0.612. The Balaban J connectivity index is 2.70. The predicted molar refractivity (Wildman–Crippen MR) is 39.1 cm³/mol. The Morgan fingerprint density at radius 1 is 1.73 bits per heavy atom. The number of rotatable bonds is 1. The van der Waals surface area contributed by atoms with Gasteiger partial charge in [0, 0.05) is 6.42 Å². The number of ketones is 1. The Kier molecular flexibility index (Phi) is 2.08. The summed E-state index contributed by atoms with van der Waals surface area (Å²) in [5, 5.41) is 8.56. The van der Waals surface area contributed by atoms with Crippen LogP contribution in [0.25, 0.3) is 0 Å². The zero-order chi connectivity index (χ0) is 8.43. The smallest absolute Gasteiger partial charge is 0.307 e. The monoisotopic (exact) mass is 154 g/mol.